The molecule has 7 aromatic heterocycles. The molecule has 0 radical (unpaired) electrons. The number of allylic oxidation sites excluding steroid dienone is 1. The standard InChI is InChI=1S/C138H105N11/c1-83-73-90-75-110-108(90)77-112(109(110)74-83)136-142-134(106-50-23-31-63-123(106)147-119-59-27-19-46-99(119)102-67-70-125-130(133(102)147)105-49-22-30-62-122(105)144(125)91-39-12-6-13-40-91)141-135(143-136)107-55-33-53-95(88-37-10-5-11-38-88)132(107)148-118-58-26-18-45-98(118)101-66-65-89(76-126(101)148)93-51-34-64-124-129(93)113-78-111-100-47-20-28-60-120(100)149(127(111)79-128(113)145(124)92-41-14-7-15-42-92)131-94(87-35-8-4-9-36-87)52-32-54-104(131)115-69-68-114(139-137(140-115)138-80-84(2)71-86(82-138)72-85(3)81-138)103-48-21-29-61-121(103)146-116-56-24-16-43-96(116)97-44-17-25-57-117(97)146/h4-68,70,76,78-79,83-86,90,108-110,112H,71-75,77,80-82H2,1-3H3/t83-,84-,85+,86-,90?,108?,109-,110-,112?,138?/m1/s1. The van der Waals surface area contributed by atoms with Crippen molar-refractivity contribution in [3.8, 4) is 90.3 Å². The van der Waals surface area contributed by atoms with Crippen LogP contribution in [0.2, 0.25) is 0 Å². The molecule has 6 saturated carbocycles. The number of rotatable bonds is 15. The van der Waals surface area contributed by atoms with Crippen molar-refractivity contribution in [1.29, 1.82) is 0 Å². The SMILES string of the molecule is C[C@@H]1CC2C[C@@H]3C2CC(c2nc(-c4ccccc4-n4c5ccccc5c5ccc6c(c7ccccc7n6-c6ccccc6)c54)nc(-c4cccc(-c5ccccc5)c4-n4c5ccccc5c5ccc(-c6cccc7c6c6cc8c9ccccc9n(-c9c(C%10=C=CC(c%11ccccc%11-n%11c%12ccccc%12c%12ccccc%12%11)=NC(C%11%12C[C@H](C)C[C@H](C[C@H](C)C%11)C%12)=N%10)cccc9-c9ccccc9)c8cc6n7-c6ccccc6)cc54)n2)[C@@H]3C1. The van der Waals surface area contributed by atoms with Crippen LogP contribution in [0.3, 0.4) is 0 Å². The first-order chi connectivity index (χ1) is 73.6. The average molecular weight is 1920 g/mol. The van der Waals surface area contributed by atoms with Gasteiger partial charge in [0.2, 0.25) is 0 Å². The third-order valence-electron chi connectivity index (χ3n) is 35.2. The molecule has 0 amide bonds. The molecule has 6 aliphatic carbocycles. The maximum absolute atomic E-state index is 6.20. The fraction of sp³-hybridized carbons (Fsp3) is 0.159. The van der Waals surface area contributed by atoms with E-state index < -0.39 is 0 Å². The number of aromatic nitrogens is 9. The second-order valence-electron chi connectivity index (χ2n) is 43.9. The van der Waals surface area contributed by atoms with Gasteiger partial charge in [-0.25, -0.2) is 24.9 Å². The Hall–Kier alpha value is -17.4. The number of para-hydroxylation sites is 12. The van der Waals surface area contributed by atoms with Crippen LogP contribution in [0.25, 0.3) is 227 Å². The maximum Gasteiger partial charge on any atom is 0.165 e. The second-order valence-corrected chi connectivity index (χ2v) is 43.9. The van der Waals surface area contributed by atoms with Gasteiger partial charge in [0.25, 0.3) is 0 Å². The van der Waals surface area contributed by atoms with Gasteiger partial charge in [0.15, 0.2) is 11.6 Å². The van der Waals surface area contributed by atoms with Crippen LogP contribution >= 0.6 is 0 Å². The zero-order valence-corrected chi connectivity index (χ0v) is 83.3. The summed E-state index contributed by atoms with van der Waals surface area (Å²) < 4.78 is 15.1. The Labute approximate surface area is 863 Å². The smallest absolute Gasteiger partial charge is 0.165 e. The highest BCUT2D eigenvalue weighted by Gasteiger charge is 2.57. The quantitative estimate of drug-likeness (QED) is 0.0957. The van der Waals surface area contributed by atoms with Crippen molar-refractivity contribution >= 4 is 148 Å². The largest absolute Gasteiger partial charge is 0.309 e. The van der Waals surface area contributed by atoms with Gasteiger partial charge in [0.05, 0.1) is 94.7 Å². The first-order valence-corrected chi connectivity index (χ1v) is 53.7. The van der Waals surface area contributed by atoms with Crippen molar-refractivity contribution in [2.75, 3.05) is 0 Å². The van der Waals surface area contributed by atoms with Gasteiger partial charge in [0, 0.05) is 127 Å². The fourth-order valence-electron chi connectivity index (χ4n) is 29.6. The second kappa shape index (κ2) is 33.6. The van der Waals surface area contributed by atoms with E-state index in [4.69, 9.17) is 24.9 Å². The van der Waals surface area contributed by atoms with E-state index in [0.29, 0.717) is 53.1 Å². The lowest BCUT2D eigenvalue weighted by Crippen LogP contribution is -2.44. The first kappa shape index (κ1) is 86.0. The maximum atomic E-state index is 6.20. The van der Waals surface area contributed by atoms with Gasteiger partial charge in [-0.15, -0.1) is 0 Å². The van der Waals surface area contributed by atoms with Crippen LogP contribution in [0, 0.1) is 52.8 Å². The molecule has 7 aliphatic rings. The Morgan fingerprint density at radius 1 is 0.268 bits per heavy atom. The highest BCUT2D eigenvalue weighted by atomic mass is 15.1. The Kier molecular flexibility index (Phi) is 19.4. The zero-order valence-electron chi connectivity index (χ0n) is 83.3. The minimum atomic E-state index is -0.269. The molecule has 0 N–H and O–H groups in total. The van der Waals surface area contributed by atoms with E-state index in [2.05, 4.69) is 472 Å². The van der Waals surface area contributed by atoms with Crippen molar-refractivity contribution in [3.63, 3.8) is 0 Å². The van der Waals surface area contributed by atoms with E-state index in [9.17, 15) is 0 Å². The highest BCUT2D eigenvalue weighted by Crippen LogP contribution is 2.66. The molecule has 149 heavy (non-hydrogen) atoms. The molecule has 712 valence electrons. The summed E-state index contributed by atoms with van der Waals surface area (Å²) in [5.41, 5.74) is 35.6. The van der Waals surface area contributed by atoms with Gasteiger partial charge < -0.3 is 27.4 Å². The topological polar surface area (TPSA) is 93.0 Å². The van der Waals surface area contributed by atoms with Gasteiger partial charge >= 0.3 is 0 Å². The number of aliphatic imine (C=N–C) groups is 2. The minimum absolute atomic E-state index is 0.156. The van der Waals surface area contributed by atoms with Gasteiger partial charge in [-0.2, -0.15) is 0 Å². The molecule has 6 fully saturated rings. The number of amidine groups is 1. The van der Waals surface area contributed by atoms with Crippen molar-refractivity contribution in [2.45, 2.75) is 84.5 Å². The van der Waals surface area contributed by atoms with Gasteiger partial charge in [0.1, 0.15) is 17.4 Å². The lowest BCUT2D eigenvalue weighted by atomic mass is 9.56. The van der Waals surface area contributed by atoms with Crippen molar-refractivity contribution in [1.82, 2.24) is 42.4 Å². The molecular formula is C138H105N11. The molecule has 25 aromatic rings. The molecule has 18 aromatic carbocycles. The summed E-state index contributed by atoms with van der Waals surface area (Å²) in [6, 6.07) is 153. The third-order valence-corrected chi connectivity index (χ3v) is 35.2. The number of hydrogen-bond acceptors (Lipinski definition) is 5. The highest BCUT2D eigenvalue weighted by molar-refractivity contribution is 6.28. The van der Waals surface area contributed by atoms with Crippen LogP contribution in [0.4, 0.5) is 0 Å². The van der Waals surface area contributed by atoms with E-state index in [1.807, 2.05) is 0 Å². The Bertz CT molecular complexity index is 9990. The van der Waals surface area contributed by atoms with E-state index in [0.717, 1.165) is 238 Å². The lowest BCUT2D eigenvalue weighted by Gasteiger charge is -2.49. The molecule has 32 rings (SSSR count). The number of benzene rings is 18. The molecule has 0 spiro atoms. The summed E-state index contributed by atoms with van der Waals surface area (Å²) in [4.78, 5) is 30.5. The third kappa shape index (κ3) is 13.2. The molecule has 10 atom stereocenters. The summed E-state index contributed by atoms with van der Waals surface area (Å²) in [7, 11) is 0. The van der Waals surface area contributed by atoms with E-state index in [1.165, 1.54) is 69.8 Å². The molecule has 1 aliphatic heterocycles. The first-order valence-electron chi connectivity index (χ1n) is 53.7. The summed E-state index contributed by atoms with van der Waals surface area (Å²) in [6.07, 6.45) is 12.6. The van der Waals surface area contributed by atoms with E-state index in [1.54, 1.807) is 0 Å². The van der Waals surface area contributed by atoms with Crippen molar-refractivity contribution in [2.24, 2.45) is 62.7 Å². The van der Waals surface area contributed by atoms with E-state index >= 15 is 0 Å². The summed E-state index contributed by atoms with van der Waals surface area (Å²) in [5, 5.41) is 14.1. The van der Waals surface area contributed by atoms with E-state index in [-0.39, 0.29) is 11.3 Å². The summed E-state index contributed by atoms with van der Waals surface area (Å²) in [6.45, 7) is 7.46. The van der Waals surface area contributed by atoms with Crippen molar-refractivity contribution in [3.05, 3.63) is 441 Å². The van der Waals surface area contributed by atoms with Gasteiger partial charge in [-0.05, 0) is 249 Å². The summed E-state index contributed by atoms with van der Waals surface area (Å²) in [5.74, 6) is 8.08. The average Bonchev–Trinajstić information content (AvgIpc) is 1.54. The molecular weight excluding hydrogens is 1810 g/mol. The normalized spacial score (nSPS) is 20.2. The Balaban J connectivity index is 0.617. The summed E-state index contributed by atoms with van der Waals surface area (Å²) >= 11 is 0. The number of nitrogens with zero attached hydrogens (tertiary/aromatic N) is 11. The molecule has 11 heteroatoms. The minimum Gasteiger partial charge on any atom is -0.309 e. The Morgan fingerprint density at radius 2 is 0.725 bits per heavy atom. The molecule has 11 nitrogen and oxygen atoms in total. The molecule has 8 heterocycles. The number of hydrogen-bond donors (Lipinski definition) is 0. The predicted octanol–water partition coefficient (Wildman–Crippen LogP) is 34.8. The van der Waals surface area contributed by atoms with Gasteiger partial charge in [-0.1, -0.05) is 318 Å². The molecule has 0 saturated heterocycles. The van der Waals surface area contributed by atoms with Crippen LogP contribution in [0.1, 0.15) is 101 Å². The Morgan fingerprint density at radius 3 is 1.36 bits per heavy atom. The van der Waals surface area contributed by atoms with Crippen LogP contribution in [-0.2, 0) is 0 Å². The number of fused-ring (bicyclic) bond motifs is 23. The molecule has 6 bridgehead atoms. The predicted molar refractivity (Wildman–Crippen MR) is 617 cm³/mol. The van der Waals surface area contributed by atoms with Gasteiger partial charge in [-0.3, -0.25) is 0 Å². The zero-order chi connectivity index (χ0) is 98.1. The van der Waals surface area contributed by atoms with Crippen LogP contribution < -0.4 is 0 Å². The fourth-order valence-corrected chi connectivity index (χ4v) is 29.6. The lowest BCUT2D eigenvalue weighted by molar-refractivity contribution is 0.0694. The van der Waals surface area contributed by atoms with Crippen LogP contribution in [0.5, 0.6) is 0 Å². The van der Waals surface area contributed by atoms with Crippen molar-refractivity contribution < 1.29 is 0 Å². The van der Waals surface area contributed by atoms with Crippen LogP contribution in [-0.4, -0.2) is 53.9 Å². The van der Waals surface area contributed by atoms with Crippen LogP contribution in [0.15, 0.2) is 434 Å². The molecule has 4 unspecified atom stereocenters. The monoisotopic (exact) mass is 1920 g/mol.